The smallest absolute Gasteiger partial charge is 0.134 e. The number of likely N-dealkylation sites (tertiary alicyclic amines) is 1. The van der Waals surface area contributed by atoms with E-state index in [0.717, 1.165) is 17.8 Å². The summed E-state index contributed by atoms with van der Waals surface area (Å²) in [6.45, 7) is 1.52. The van der Waals surface area contributed by atoms with E-state index < -0.39 is 0 Å². The average molecular weight is 178 g/mol. The molecule has 5 atom stereocenters. The van der Waals surface area contributed by atoms with Gasteiger partial charge in [-0.1, -0.05) is 0 Å². The molecule has 3 rings (SSSR count). The zero-order valence-corrected chi connectivity index (χ0v) is 7.81. The first-order chi connectivity index (χ1) is 6.33. The van der Waals surface area contributed by atoms with E-state index >= 15 is 0 Å². The van der Waals surface area contributed by atoms with E-state index in [1.165, 1.54) is 13.0 Å². The maximum absolute atomic E-state index is 8.45. The van der Waals surface area contributed by atoms with Gasteiger partial charge in [0.1, 0.15) is 6.61 Å². The standard InChI is InChI=1S/C10H14N2O/c1-12-5-6-4-7-8(6)9(12)10(7)13-3-2-11/h6-10H,3-5H2,1H3/t6-,7?,8+,9+,10?/m1/s1. The highest BCUT2D eigenvalue weighted by Crippen LogP contribution is 2.61. The van der Waals surface area contributed by atoms with Gasteiger partial charge in [-0.3, -0.25) is 0 Å². The Morgan fingerprint density at radius 2 is 2.46 bits per heavy atom. The molecule has 1 heterocycles. The normalized spacial score (nSPS) is 51.8. The number of nitriles is 1. The van der Waals surface area contributed by atoms with E-state index in [1.807, 2.05) is 0 Å². The minimum atomic E-state index is 0.267. The first-order valence-electron chi connectivity index (χ1n) is 5.01. The van der Waals surface area contributed by atoms with Gasteiger partial charge in [0.05, 0.1) is 12.2 Å². The van der Waals surface area contributed by atoms with Crippen LogP contribution >= 0.6 is 0 Å². The molecule has 13 heavy (non-hydrogen) atoms. The summed E-state index contributed by atoms with van der Waals surface area (Å²) in [6.07, 6.45) is 1.70. The highest BCUT2D eigenvalue weighted by atomic mass is 16.5. The van der Waals surface area contributed by atoms with Crippen LogP contribution in [0.2, 0.25) is 0 Å². The van der Waals surface area contributed by atoms with Crippen LogP contribution in [0.1, 0.15) is 6.42 Å². The van der Waals surface area contributed by atoms with Gasteiger partial charge in [0.15, 0.2) is 0 Å². The summed E-state index contributed by atoms with van der Waals surface area (Å²) in [5.41, 5.74) is 0. The van der Waals surface area contributed by atoms with Gasteiger partial charge in [-0.05, 0) is 31.2 Å². The van der Waals surface area contributed by atoms with E-state index in [0.29, 0.717) is 12.1 Å². The van der Waals surface area contributed by atoms with Crippen molar-refractivity contribution in [1.29, 1.82) is 5.26 Å². The number of hydrogen-bond acceptors (Lipinski definition) is 3. The molecule has 0 aromatic carbocycles. The largest absolute Gasteiger partial charge is 0.361 e. The molecule has 0 aromatic rings. The topological polar surface area (TPSA) is 36.3 Å². The highest BCUT2D eigenvalue weighted by molar-refractivity contribution is 5.17. The van der Waals surface area contributed by atoms with Crippen molar-refractivity contribution in [3.8, 4) is 6.07 Å². The third kappa shape index (κ3) is 0.806. The van der Waals surface area contributed by atoms with E-state index in [9.17, 15) is 0 Å². The summed E-state index contributed by atoms with van der Waals surface area (Å²) < 4.78 is 5.56. The number of ether oxygens (including phenoxy) is 1. The fourth-order valence-corrected chi connectivity index (χ4v) is 3.62. The Hall–Kier alpha value is -0.590. The summed E-state index contributed by atoms with van der Waals surface area (Å²) in [5, 5.41) is 8.45. The van der Waals surface area contributed by atoms with Crippen LogP contribution in [0.4, 0.5) is 0 Å². The molecular formula is C10H14N2O. The summed E-state index contributed by atoms with van der Waals surface area (Å²) in [7, 11) is 2.18. The maximum atomic E-state index is 8.45. The van der Waals surface area contributed by atoms with Crippen molar-refractivity contribution in [2.75, 3.05) is 20.2 Å². The molecule has 0 radical (unpaired) electrons. The van der Waals surface area contributed by atoms with E-state index in [4.69, 9.17) is 10.00 Å². The van der Waals surface area contributed by atoms with E-state index in [1.54, 1.807) is 0 Å². The van der Waals surface area contributed by atoms with Crippen LogP contribution in [0, 0.1) is 29.1 Å². The molecule has 0 amide bonds. The summed E-state index contributed by atoms with van der Waals surface area (Å²) in [6, 6.07) is 2.69. The Kier molecular flexibility index (Phi) is 1.47. The van der Waals surface area contributed by atoms with Gasteiger partial charge in [-0.15, -0.1) is 0 Å². The predicted molar refractivity (Wildman–Crippen MR) is 46.9 cm³/mol. The lowest BCUT2D eigenvalue weighted by Crippen LogP contribution is -2.64. The van der Waals surface area contributed by atoms with Crippen LogP contribution < -0.4 is 0 Å². The quantitative estimate of drug-likeness (QED) is 0.617. The fraction of sp³-hybridized carbons (Fsp3) is 0.900. The molecule has 2 saturated carbocycles. The molecule has 0 N–H and O–H groups in total. The first-order valence-corrected chi connectivity index (χ1v) is 5.01. The maximum Gasteiger partial charge on any atom is 0.134 e. The molecule has 70 valence electrons. The fourth-order valence-electron chi connectivity index (χ4n) is 3.62. The van der Waals surface area contributed by atoms with Crippen LogP contribution in [-0.4, -0.2) is 37.2 Å². The minimum Gasteiger partial charge on any atom is -0.361 e. The van der Waals surface area contributed by atoms with Gasteiger partial charge in [0.2, 0.25) is 0 Å². The van der Waals surface area contributed by atoms with Crippen LogP contribution in [0.25, 0.3) is 0 Å². The first kappa shape index (κ1) is 7.78. The second kappa shape index (κ2) is 2.46. The lowest BCUT2D eigenvalue weighted by atomic mass is 9.51. The van der Waals surface area contributed by atoms with Crippen LogP contribution in [-0.2, 0) is 4.74 Å². The van der Waals surface area contributed by atoms with Gasteiger partial charge in [-0.2, -0.15) is 5.26 Å². The van der Waals surface area contributed by atoms with Crippen molar-refractivity contribution < 1.29 is 4.74 Å². The Bertz CT molecular complexity index is 273. The lowest BCUT2D eigenvalue weighted by Gasteiger charge is -2.58. The summed E-state index contributed by atoms with van der Waals surface area (Å²) in [4.78, 5) is 2.42. The van der Waals surface area contributed by atoms with Gasteiger partial charge >= 0.3 is 0 Å². The molecule has 3 nitrogen and oxygen atoms in total. The van der Waals surface area contributed by atoms with Gasteiger partial charge in [-0.25, -0.2) is 0 Å². The molecule has 2 aliphatic carbocycles. The lowest BCUT2D eigenvalue weighted by molar-refractivity contribution is -0.169. The average Bonchev–Trinajstić information content (AvgIpc) is 2.21. The van der Waals surface area contributed by atoms with Crippen molar-refractivity contribution in [2.45, 2.75) is 18.6 Å². The zero-order valence-electron chi connectivity index (χ0n) is 7.81. The molecule has 1 saturated heterocycles. The van der Waals surface area contributed by atoms with Gasteiger partial charge < -0.3 is 9.64 Å². The van der Waals surface area contributed by atoms with Crippen molar-refractivity contribution in [2.24, 2.45) is 17.8 Å². The minimum absolute atomic E-state index is 0.267. The van der Waals surface area contributed by atoms with Crippen molar-refractivity contribution in [3.63, 3.8) is 0 Å². The Morgan fingerprint density at radius 1 is 1.62 bits per heavy atom. The predicted octanol–water partition coefficient (Wildman–Crippen LogP) is 0.475. The Morgan fingerprint density at radius 3 is 3.23 bits per heavy atom. The number of likely N-dealkylation sites (N-methyl/N-ethyl adjacent to an activating group) is 1. The number of hydrogen-bond donors (Lipinski definition) is 0. The van der Waals surface area contributed by atoms with E-state index in [-0.39, 0.29) is 6.61 Å². The van der Waals surface area contributed by atoms with Crippen LogP contribution in [0.15, 0.2) is 0 Å². The Labute approximate surface area is 78.3 Å². The Balaban J connectivity index is 1.69. The molecule has 3 aliphatic rings. The number of nitrogens with zero attached hydrogens (tertiary/aromatic N) is 2. The summed E-state index contributed by atoms with van der Waals surface area (Å²) >= 11 is 0. The highest BCUT2D eigenvalue weighted by Gasteiger charge is 2.66. The SMILES string of the molecule is CN1C[C@H]2CC3C(OCC#N)[C@@H]1[C@H]32. The summed E-state index contributed by atoms with van der Waals surface area (Å²) in [5.74, 6) is 2.64. The molecule has 0 spiro atoms. The second-order valence-electron chi connectivity index (χ2n) is 4.60. The van der Waals surface area contributed by atoms with Crippen LogP contribution in [0.3, 0.4) is 0 Å². The van der Waals surface area contributed by atoms with Gasteiger partial charge in [0.25, 0.3) is 0 Å². The van der Waals surface area contributed by atoms with Crippen molar-refractivity contribution >= 4 is 0 Å². The monoisotopic (exact) mass is 178 g/mol. The zero-order chi connectivity index (χ0) is 9.00. The van der Waals surface area contributed by atoms with Gasteiger partial charge in [0, 0.05) is 12.6 Å². The molecule has 1 aliphatic heterocycles. The molecule has 2 unspecified atom stereocenters. The molecule has 3 fully saturated rings. The van der Waals surface area contributed by atoms with Crippen LogP contribution in [0.5, 0.6) is 0 Å². The number of rotatable bonds is 2. The second-order valence-corrected chi connectivity index (χ2v) is 4.60. The molecule has 0 bridgehead atoms. The molecule has 0 aromatic heterocycles. The molecular weight excluding hydrogens is 164 g/mol. The van der Waals surface area contributed by atoms with Crippen molar-refractivity contribution in [3.05, 3.63) is 0 Å². The van der Waals surface area contributed by atoms with E-state index in [2.05, 4.69) is 18.0 Å². The van der Waals surface area contributed by atoms with Crippen molar-refractivity contribution in [1.82, 2.24) is 4.90 Å². The third-order valence-electron chi connectivity index (χ3n) is 4.14. The molecule has 3 heteroatoms. The third-order valence-corrected chi connectivity index (χ3v) is 4.14.